The van der Waals surface area contributed by atoms with Gasteiger partial charge in [0.1, 0.15) is 5.60 Å². The number of nitrogens with one attached hydrogen (secondary N) is 2. The summed E-state index contributed by atoms with van der Waals surface area (Å²) >= 11 is 0. The molecule has 0 bridgehead atoms. The van der Waals surface area contributed by atoms with Crippen LogP contribution < -0.4 is 10.6 Å². The van der Waals surface area contributed by atoms with Gasteiger partial charge in [-0.3, -0.25) is 9.59 Å². The fourth-order valence-corrected chi connectivity index (χ4v) is 2.23. The van der Waals surface area contributed by atoms with Gasteiger partial charge in [0.2, 0.25) is 0 Å². The Labute approximate surface area is 151 Å². The lowest BCUT2D eigenvalue weighted by Gasteiger charge is -2.24. The SMILES string of the molecule is COC(=O)c1ccc(NC(=O)C(=O)NCC(C)(O)c2ccccc2)cc1. The van der Waals surface area contributed by atoms with Crippen molar-refractivity contribution in [1.29, 1.82) is 0 Å². The smallest absolute Gasteiger partial charge is 0.337 e. The number of rotatable bonds is 5. The zero-order valence-electron chi connectivity index (χ0n) is 14.5. The van der Waals surface area contributed by atoms with Gasteiger partial charge in [-0.2, -0.15) is 0 Å². The number of anilines is 1. The van der Waals surface area contributed by atoms with E-state index in [1.54, 1.807) is 31.2 Å². The summed E-state index contributed by atoms with van der Waals surface area (Å²) in [5, 5.41) is 15.2. The van der Waals surface area contributed by atoms with E-state index < -0.39 is 23.4 Å². The molecule has 1 atom stereocenters. The van der Waals surface area contributed by atoms with E-state index in [4.69, 9.17) is 0 Å². The van der Waals surface area contributed by atoms with Crippen LogP contribution in [0.25, 0.3) is 0 Å². The Bertz CT molecular complexity index is 785. The van der Waals surface area contributed by atoms with E-state index in [0.29, 0.717) is 16.8 Å². The molecular weight excluding hydrogens is 336 g/mol. The molecule has 136 valence electrons. The number of esters is 1. The Morgan fingerprint density at radius 2 is 1.62 bits per heavy atom. The molecule has 3 N–H and O–H groups in total. The lowest BCUT2D eigenvalue weighted by Crippen LogP contribution is -2.43. The van der Waals surface area contributed by atoms with Crippen LogP contribution in [0.3, 0.4) is 0 Å². The maximum absolute atomic E-state index is 11.9. The van der Waals surface area contributed by atoms with Crippen molar-refractivity contribution in [2.45, 2.75) is 12.5 Å². The molecule has 1 unspecified atom stereocenters. The molecule has 0 fully saturated rings. The molecule has 0 saturated heterocycles. The Hall–Kier alpha value is -3.19. The minimum atomic E-state index is -1.31. The molecule has 0 radical (unpaired) electrons. The highest BCUT2D eigenvalue weighted by Gasteiger charge is 2.25. The highest BCUT2D eigenvalue weighted by molar-refractivity contribution is 6.39. The molecule has 0 aliphatic carbocycles. The molecule has 2 amide bonds. The van der Waals surface area contributed by atoms with E-state index in [0.717, 1.165) is 0 Å². The summed E-state index contributed by atoms with van der Waals surface area (Å²) in [6, 6.07) is 14.7. The molecule has 0 saturated carbocycles. The molecule has 2 aromatic carbocycles. The summed E-state index contributed by atoms with van der Waals surface area (Å²) in [5.74, 6) is -2.25. The van der Waals surface area contributed by atoms with Crippen LogP contribution in [0.2, 0.25) is 0 Å². The quantitative estimate of drug-likeness (QED) is 0.555. The fraction of sp³-hybridized carbons (Fsp3) is 0.211. The first-order chi connectivity index (χ1) is 12.3. The first-order valence-electron chi connectivity index (χ1n) is 7.89. The van der Waals surface area contributed by atoms with Crippen LogP contribution in [0, 0.1) is 0 Å². The summed E-state index contributed by atoms with van der Waals surface area (Å²) in [6.45, 7) is 1.43. The van der Waals surface area contributed by atoms with Crippen molar-refractivity contribution in [2.75, 3.05) is 19.0 Å². The molecule has 0 aliphatic rings. The topological polar surface area (TPSA) is 105 Å². The van der Waals surface area contributed by atoms with E-state index in [-0.39, 0.29) is 6.54 Å². The van der Waals surface area contributed by atoms with Gasteiger partial charge in [-0.1, -0.05) is 30.3 Å². The standard InChI is InChI=1S/C19H20N2O5/c1-19(25,14-6-4-3-5-7-14)12-20-16(22)17(23)21-15-10-8-13(9-11-15)18(24)26-2/h3-11,25H,12H2,1-2H3,(H,20,22)(H,21,23). The largest absolute Gasteiger partial charge is 0.465 e. The van der Waals surface area contributed by atoms with Crippen LogP contribution >= 0.6 is 0 Å². The van der Waals surface area contributed by atoms with Gasteiger partial charge in [0.05, 0.1) is 19.2 Å². The van der Waals surface area contributed by atoms with Gasteiger partial charge in [0.25, 0.3) is 0 Å². The second-order valence-electron chi connectivity index (χ2n) is 5.85. The van der Waals surface area contributed by atoms with Crippen molar-refractivity contribution in [3.05, 3.63) is 65.7 Å². The molecule has 0 spiro atoms. The molecular formula is C19H20N2O5. The van der Waals surface area contributed by atoms with Crippen LogP contribution in [0.4, 0.5) is 5.69 Å². The zero-order chi connectivity index (χ0) is 19.2. The van der Waals surface area contributed by atoms with Crippen molar-refractivity contribution < 1.29 is 24.2 Å². The van der Waals surface area contributed by atoms with Gasteiger partial charge in [-0.25, -0.2) is 4.79 Å². The lowest BCUT2D eigenvalue weighted by atomic mass is 9.96. The Kier molecular flexibility index (Phi) is 6.08. The predicted octanol–water partition coefficient (Wildman–Crippen LogP) is 1.44. The van der Waals surface area contributed by atoms with Crippen LogP contribution in [0.5, 0.6) is 0 Å². The summed E-state index contributed by atoms with van der Waals surface area (Å²) in [4.78, 5) is 35.2. The third kappa shape index (κ3) is 4.90. The zero-order valence-corrected chi connectivity index (χ0v) is 14.5. The average Bonchev–Trinajstić information content (AvgIpc) is 2.66. The first-order valence-corrected chi connectivity index (χ1v) is 7.89. The van der Waals surface area contributed by atoms with Gasteiger partial charge >= 0.3 is 17.8 Å². The number of carbonyl (C=O) groups excluding carboxylic acids is 3. The highest BCUT2D eigenvalue weighted by Crippen LogP contribution is 2.18. The molecule has 0 aromatic heterocycles. The molecule has 7 heteroatoms. The van der Waals surface area contributed by atoms with Gasteiger partial charge in [-0.05, 0) is 36.8 Å². The minimum absolute atomic E-state index is 0.120. The average molecular weight is 356 g/mol. The van der Waals surface area contributed by atoms with Crippen molar-refractivity contribution >= 4 is 23.5 Å². The number of carbonyl (C=O) groups is 3. The Morgan fingerprint density at radius 1 is 1.00 bits per heavy atom. The second kappa shape index (κ2) is 8.26. The number of benzene rings is 2. The molecule has 0 aliphatic heterocycles. The third-order valence-electron chi connectivity index (χ3n) is 3.76. The van der Waals surface area contributed by atoms with Crippen LogP contribution in [-0.4, -0.2) is 36.5 Å². The van der Waals surface area contributed by atoms with Crippen LogP contribution in [0.1, 0.15) is 22.8 Å². The number of hydrogen-bond acceptors (Lipinski definition) is 5. The van der Waals surface area contributed by atoms with Gasteiger partial charge in [-0.15, -0.1) is 0 Å². The number of amides is 2. The van der Waals surface area contributed by atoms with E-state index in [2.05, 4.69) is 15.4 Å². The van der Waals surface area contributed by atoms with Gasteiger partial charge in [0, 0.05) is 5.69 Å². The van der Waals surface area contributed by atoms with E-state index in [1.807, 2.05) is 6.07 Å². The minimum Gasteiger partial charge on any atom is -0.465 e. The van der Waals surface area contributed by atoms with Gasteiger partial charge < -0.3 is 20.5 Å². The molecule has 26 heavy (non-hydrogen) atoms. The maximum atomic E-state index is 11.9. The van der Waals surface area contributed by atoms with E-state index >= 15 is 0 Å². The molecule has 2 rings (SSSR count). The summed E-state index contributed by atoms with van der Waals surface area (Å²) in [6.07, 6.45) is 0. The first kappa shape index (κ1) is 19.1. The van der Waals surface area contributed by atoms with Crippen molar-refractivity contribution in [3.8, 4) is 0 Å². The van der Waals surface area contributed by atoms with Crippen molar-refractivity contribution in [3.63, 3.8) is 0 Å². The summed E-state index contributed by atoms with van der Waals surface area (Å²) < 4.78 is 4.58. The van der Waals surface area contributed by atoms with Crippen LogP contribution in [0.15, 0.2) is 54.6 Å². The van der Waals surface area contributed by atoms with E-state index in [9.17, 15) is 19.5 Å². The normalized spacial score (nSPS) is 12.6. The number of methoxy groups -OCH3 is 1. The fourth-order valence-electron chi connectivity index (χ4n) is 2.23. The molecule has 7 nitrogen and oxygen atoms in total. The number of aliphatic hydroxyl groups is 1. The van der Waals surface area contributed by atoms with Crippen molar-refractivity contribution in [1.82, 2.24) is 5.32 Å². The number of hydrogen-bond donors (Lipinski definition) is 3. The summed E-state index contributed by atoms with van der Waals surface area (Å²) in [7, 11) is 1.27. The van der Waals surface area contributed by atoms with E-state index in [1.165, 1.54) is 31.4 Å². The van der Waals surface area contributed by atoms with Gasteiger partial charge in [0.15, 0.2) is 0 Å². The number of ether oxygens (including phenoxy) is 1. The second-order valence-corrected chi connectivity index (χ2v) is 5.85. The lowest BCUT2D eigenvalue weighted by molar-refractivity contribution is -0.136. The predicted molar refractivity (Wildman–Crippen MR) is 95.4 cm³/mol. The maximum Gasteiger partial charge on any atom is 0.337 e. The molecule has 2 aromatic rings. The summed E-state index contributed by atoms with van der Waals surface area (Å²) in [5.41, 5.74) is -0.0000875. The third-order valence-corrected chi connectivity index (χ3v) is 3.76. The highest BCUT2D eigenvalue weighted by atomic mass is 16.5. The molecule has 0 heterocycles. The van der Waals surface area contributed by atoms with Crippen LogP contribution in [-0.2, 0) is 19.9 Å². The Balaban J connectivity index is 1.91. The monoisotopic (exact) mass is 356 g/mol. The Morgan fingerprint density at radius 3 is 2.19 bits per heavy atom. The van der Waals surface area contributed by atoms with Crippen molar-refractivity contribution in [2.24, 2.45) is 0 Å².